The van der Waals surface area contributed by atoms with E-state index < -0.39 is 6.09 Å². The summed E-state index contributed by atoms with van der Waals surface area (Å²) in [7, 11) is 0. The fourth-order valence-electron chi connectivity index (χ4n) is 3.03. The van der Waals surface area contributed by atoms with Crippen molar-refractivity contribution in [3.8, 4) is 0 Å². The summed E-state index contributed by atoms with van der Waals surface area (Å²) in [5, 5.41) is 11.9. The SMILES string of the molecule is O=C(Cc1ccccc1)Nc1ccc(C2CCN(C(=O)O)C2)cc1. The number of hydrogen-bond donors (Lipinski definition) is 2. The number of benzene rings is 2. The molecule has 2 N–H and O–H groups in total. The van der Waals surface area contributed by atoms with Crippen molar-refractivity contribution in [2.24, 2.45) is 0 Å². The number of carboxylic acid groups (broad SMARTS) is 1. The van der Waals surface area contributed by atoms with Crippen LogP contribution in [0, 0.1) is 0 Å². The minimum absolute atomic E-state index is 0.0492. The molecule has 124 valence electrons. The van der Waals surface area contributed by atoms with E-state index in [4.69, 9.17) is 5.11 Å². The molecule has 1 aliphatic rings. The lowest BCUT2D eigenvalue weighted by atomic mass is 9.98. The van der Waals surface area contributed by atoms with Crippen molar-refractivity contribution in [1.29, 1.82) is 0 Å². The third-order valence-corrected chi connectivity index (χ3v) is 4.33. The van der Waals surface area contributed by atoms with E-state index in [-0.39, 0.29) is 11.8 Å². The summed E-state index contributed by atoms with van der Waals surface area (Å²) in [6.07, 6.45) is 0.326. The van der Waals surface area contributed by atoms with Gasteiger partial charge in [-0.25, -0.2) is 4.79 Å². The Bertz CT molecular complexity index is 713. The summed E-state index contributed by atoms with van der Waals surface area (Å²) >= 11 is 0. The predicted molar refractivity (Wildman–Crippen MR) is 92.2 cm³/mol. The summed E-state index contributed by atoms with van der Waals surface area (Å²) in [5.74, 6) is 0.182. The number of anilines is 1. The molecular formula is C19H20N2O3. The van der Waals surface area contributed by atoms with Crippen LogP contribution in [-0.4, -0.2) is 35.1 Å². The molecule has 0 aromatic heterocycles. The predicted octanol–water partition coefficient (Wildman–Crippen LogP) is 3.34. The number of carbonyl (C=O) groups is 2. The summed E-state index contributed by atoms with van der Waals surface area (Å²) in [6, 6.07) is 17.3. The molecular weight excluding hydrogens is 304 g/mol. The number of amides is 2. The molecule has 0 bridgehead atoms. The van der Waals surface area contributed by atoms with Crippen molar-refractivity contribution < 1.29 is 14.7 Å². The van der Waals surface area contributed by atoms with Gasteiger partial charge in [0.25, 0.3) is 0 Å². The van der Waals surface area contributed by atoms with Crippen molar-refractivity contribution >= 4 is 17.7 Å². The highest BCUT2D eigenvalue weighted by molar-refractivity contribution is 5.92. The zero-order valence-corrected chi connectivity index (χ0v) is 13.3. The maximum absolute atomic E-state index is 12.1. The van der Waals surface area contributed by atoms with Crippen LogP contribution in [0.3, 0.4) is 0 Å². The molecule has 2 amide bonds. The van der Waals surface area contributed by atoms with Crippen molar-refractivity contribution in [3.05, 3.63) is 65.7 Å². The van der Waals surface area contributed by atoms with Crippen LogP contribution in [0.2, 0.25) is 0 Å². The standard InChI is InChI=1S/C19H20N2O3/c22-18(12-14-4-2-1-3-5-14)20-17-8-6-15(7-9-17)16-10-11-21(13-16)19(23)24/h1-9,16H,10-13H2,(H,20,22)(H,23,24). The van der Waals surface area contributed by atoms with Crippen LogP contribution in [0.15, 0.2) is 54.6 Å². The average Bonchev–Trinajstić information content (AvgIpc) is 3.07. The van der Waals surface area contributed by atoms with Crippen molar-refractivity contribution in [2.75, 3.05) is 18.4 Å². The summed E-state index contributed by atoms with van der Waals surface area (Å²) in [6.45, 7) is 1.12. The number of rotatable bonds is 4. The molecule has 1 saturated heterocycles. The highest BCUT2D eigenvalue weighted by Gasteiger charge is 2.26. The van der Waals surface area contributed by atoms with Crippen molar-refractivity contribution in [2.45, 2.75) is 18.8 Å². The van der Waals surface area contributed by atoms with Gasteiger partial charge in [-0.3, -0.25) is 4.79 Å². The first-order chi connectivity index (χ1) is 11.6. The molecule has 1 unspecified atom stereocenters. The number of nitrogens with zero attached hydrogens (tertiary/aromatic N) is 1. The van der Waals surface area contributed by atoms with Gasteiger partial charge in [0.1, 0.15) is 0 Å². The van der Waals surface area contributed by atoms with Gasteiger partial charge in [0.05, 0.1) is 6.42 Å². The second-order valence-corrected chi connectivity index (χ2v) is 6.05. The zero-order valence-electron chi connectivity index (χ0n) is 13.3. The van der Waals surface area contributed by atoms with Gasteiger partial charge in [0.2, 0.25) is 5.91 Å². The smallest absolute Gasteiger partial charge is 0.407 e. The Hall–Kier alpha value is -2.82. The van der Waals surface area contributed by atoms with Crippen LogP contribution in [0.25, 0.3) is 0 Å². The van der Waals surface area contributed by atoms with Crippen LogP contribution < -0.4 is 5.32 Å². The molecule has 0 radical (unpaired) electrons. The van der Waals surface area contributed by atoms with Gasteiger partial charge in [-0.2, -0.15) is 0 Å². The van der Waals surface area contributed by atoms with Crippen molar-refractivity contribution in [3.63, 3.8) is 0 Å². The summed E-state index contributed by atoms with van der Waals surface area (Å²) in [5.41, 5.74) is 2.85. The largest absolute Gasteiger partial charge is 0.465 e. The van der Waals surface area contributed by atoms with Gasteiger partial charge < -0.3 is 15.3 Å². The van der Waals surface area contributed by atoms with Crippen LogP contribution in [-0.2, 0) is 11.2 Å². The lowest BCUT2D eigenvalue weighted by Gasteiger charge is -2.13. The Morgan fingerprint density at radius 3 is 2.42 bits per heavy atom. The highest BCUT2D eigenvalue weighted by atomic mass is 16.4. The van der Waals surface area contributed by atoms with Crippen LogP contribution in [0.4, 0.5) is 10.5 Å². The van der Waals surface area contributed by atoms with Crippen LogP contribution >= 0.6 is 0 Å². The maximum Gasteiger partial charge on any atom is 0.407 e. The van der Waals surface area contributed by atoms with Gasteiger partial charge in [-0.05, 0) is 29.7 Å². The molecule has 3 rings (SSSR count). The Kier molecular flexibility index (Phi) is 4.79. The van der Waals surface area contributed by atoms with Crippen molar-refractivity contribution in [1.82, 2.24) is 4.90 Å². The molecule has 1 fully saturated rings. The minimum Gasteiger partial charge on any atom is -0.465 e. The molecule has 24 heavy (non-hydrogen) atoms. The van der Waals surface area contributed by atoms with E-state index in [1.807, 2.05) is 54.6 Å². The maximum atomic E-state index is 12.1. The zero-order chi connectivity index (χ0) is 16.9. The third-order valence-electron chi connectivity index (χ3n) is 4.33. The Morgan fingerprint density at radius 2 is 1.79 bits per heavy atom. The van der Waals surface area contributed by atoms with E-state index in [1.54, 1.807) is 0 Å². The fraction of sp³-hybridized carbons (Fsp3) is 0.263. The second-order valence-electron chi connectivity index (χ2n) is 6.05. The fourth-order valence-corrected chi connectivity index (χ4v) is 3.03. The van der Waals surface area contributed by atoms with E-state index in [0.717, 1.165) is 23.2 Å². The van der Waals surface area contributed by atoms with E-state index in [9.17, 15) is 9.59 Å². The lowest BCUT2D eigenvalue weighted by molar-refractivity contribution is -0.115. The lowest BCUT2D eigenvalue weighted by Crippen LogP contribution is -2.26. The summed E-state index contributed by atoms with van der Waals surface area (Å²) in [4.78, 5) is 24.5. The van der Waals surface area contributed by atoms with Gasteiger partial charge in [0, 0.05) is 24.7 Å². The first kappa shape index (κ1) is 16.1. The van der Waals surface area contributed by atoms with E-state index in [0.29, 0.717) is 19.5 Å². The van der Waals surface area contributed by atoms with Gasteiger partial charge in [-0.15, -0.1) is 0 Å². The molecule has 2 aromatic rings. The Balaban J connectivity index is 1.57. The second kappa shape index (κ2) is 7.17. The number of likely N-dealkylation sites (tertiary alicyclic amines) is 1. The normalized spacial score (nSPS) is 16.8. The van der Waals surface area contributed by atoms with Crippen LogP contribution in [0.5, 0.6) is 0 Å². The first-order valence-electron chi connectivity index (χ1n) is 8.03. The third kappa shape index (κ3) is 3.93. The molecule has 5 nitrogen and oxygen atoms in total. The monoisotopic (exact) mass is 324 g/mol. The molecule has 0 saturated carbocycles. The number of hydrogen-bond acceptors (Lipinski definition) is 2. The topological polar surface area (TPSA) is 69.6 Å². The molecule has 1 atom stereocenters. The molecule has 0 aliphatic carbocycles. The molecule has 0 spiro atoms. The van der Waals surface area contributed by atoms with E-state index in [1.165, 1.54) is 4.90 Å². The molecule has 5 heteroatoms. The van der Waals surface area contributed by atoms with E-state index in [2.05, 4.69) is 5.32 Å². The Morgan fingerprint density at radius 1 is 1.08 bits per heavy atom. The molecule has 1 aliphatic heterocycles. The average molecular weight is 324 g/mol. The van der Waals surface area contributed by atoms with Gasteiger partial charge in [-0.1, -0.05) is 42.5 Å². The quantitative estimate of drug-likeness (QED) is 0.906. The molecule has 1 heterocycles. The summed E-state index contributed by atoms with van der Waals surface area (Å²) < 4.78 is 0. The first-order valence-corrected chi connectivity index (χ1v) is 8.03. The minimum atomic E-state index is -0.859. The van der Waals surface area contributed by atoms with E-state index >= 15 is 0 Å². The Labute approximate surface area is 140 Å². The van der Waals surface area contributed by atoms with Crippen LogP contribution in [0.1, 0.15) is 23.5 Å². The van der Waals surface area contributed by atoms with Gasteiger partial charge in [0.15, 0.2) is 0 Å². The number of nitrogens with one attached hydrogen (secondary N) is 1. The van der Waals surface area contributed by atoms with Gasteiger partial charge >= 0.3 is 6.09 Å². The molecule has 2 aromatic carbocycles. The highest BCUT2D eigenvalue weighted by Crippen LogP contribution is 2.28. The number of carbonyl (C=O) groups excluding carboxylic acids is 1.